The van der Waals surface area contributed by atoms with Gasteiger partial charge < -0.3 is 21.5 Å². The Labute approximate surface area is 98.6 Å². The molecule has 0 fully saturated rings. The molecule has 17 heavy (non-hydrogen) atoms. The maximum Gasteiger partial charge on any atom is 0.315 e. The molecule has 0 aromatic rings. The van der Waals surface area contributed by atoms with E-state index in [0.29, 0.717) is 19.5 Å². The first-order valence-corrected chi connectivity index (χ1v) is 5.39. The van der Waals surface area contributed by atoms with Crippen LogP contribution in [0.5, 0.6) is 0 Å². The molecule has 2 rings (SSSR count). The van der Waals surface area contributed by atoms with Crippen molar-refractivity contribution in [3.05, 3.63) is 23.3 Å². The highest BCUT2D eigenvalue weighted by molar-refractivity contribution is 5.86. The third kappa shape index (κ3) is 2.03. The molecule has 0 aromatic heterocycles. The standard InChI is InChI=1S/C11H15N3O3/c12-9(15)11(17)3-1-8-6-14(10(13)16)4-2-7(8)5-11/h1,3,17H,2,4-6H2,(H2,12,15)(H2,13,16). The Morgan fingerprint density at radius 1 is 1.41 bits per heavy atom. The Kier molecular flexibility index (Phi) is 2.66. The SMILES string of the molecule is NC(=O)N1CCC2=C(C=CC(O)(C(N)=O)C2)C1. The van der Waals surface area contributed by atoms with Crippen LogP contribution in [-0.4, -0.2) is 40.6 Å². The molecule has 0 radical (unpaired) electrons. The fourth-order valence-corrected chi connectivity index (χ4v) is 2.18. The van der Waals surface area contributed by atoms with Gasteiger partial charge in [0.25, 0.3) is 5.91 Å². The number of amides is 3. The van der Waals surface area contributed by atoms with Gasteiger partial charge in [0.1, 0.15) is 0 Å². The van der Waals surface area contributed by atoms with Crippen molar-refractivity contribution in [2.24, 2.45) is 11.5 Å². The maximum atomic E-state index is 11.1. The highest BCUT2D eigenvalue weighted by atomic mass is 16.3. The second kappa shape index (κ2) is 3.89. The van der Waals surface area contributed by atoms with Gasteiger partial charge in [-0.05, 0) is 18.1 Å². The van der Waals surface area contributed by atoms with E-state index in [1.807, 2.05) is 0 Å². The number of carbonyl (C=O) groups is 2. The number of nitrogens with zero attached hydrogens (tertiary/aromatic N) is 1. The van der Waals surface area contributed by atoms with Crippen molar-refractivity contribution in [1.82, 2.24) is 4.90 Å². The summed E-state index contributed by atoms with van der Waals surface area (Å²) in [7, 11) is 0. The molecule has 0 saturated carbocycles. The minimum Gasteiger partial charge on any atom is -0.376 e. The summed E-state index contributed by atoms with van der Waals surface area (Å²) in [6.45, 7) is 0.937. The summed E-state index contributed by atoms with van der Waals surface area (Å²) in [4.78, 5) is 23.7. The number of hydrogen-bond acceptors (Lipinski definition) is 3. The Bertz CT molecular complexity index is 441. The molecule has 6 heteroatoms. The number of urea groups is 1. The van der Waals surface area contributed by atoms with Crippen molar-refractivity contribution in [2.45, 2.75) is 18.4 Å². The number of aliphatic hydroxyl groups is 1. The lowest BCUT2D eigenvalue weighted by molar-refractivity contribution is -0.131. The summed E-state index contributed by atoms with van der Waals surface area (Å²) in [5.74, 6) is -0.752. The summed E-state index contributed by atoms with van der Waals surface area (Å²) in [5.41, 5.74) is 10.7. The van der Waals surface area contributed by atoms with Crippen molar-refractivity contribution in [3.8, 4) is 0 Å². The molecular weight excluding hydrogens is 222 g/mol. The first-order chi connectivity index (χ1) is 7.92. The molecule has 6 nitrogen and oxygen atoms in total. The van der Waals surface area contributed by atoms with E-state index in [0.717, 1.165) is 11.1 Å². The largest absolute Gasteiger partial charge is 0.376 e. The Morgan fingerprint density at radius 3 is 2.71 bits per heavy atom. The fraction of sp³-hybridized carbons (Fsp3) is 0.455. The molecule has 0 bridgehead atoms. The van der Waals surface area contributed by atoms with Gasteiger partial charge >= 0.3 is 6.03 Å². The molecule has 92 valence electrons. The molecule has 1 unspecified atom stereocenters. The molecule has 0 saturated heterocycles. The van der Waals surface area contributed by atoms with Crippen LogP contribution in [0.3, 0.4) is 0 Å². The lowest BCUT2D eigenvalue weighted by atomic mass is 9.82. The summed E-state index contributed by atoms with van der Waals surface area (Å²) < 4.78 is 0. The van der Waals surface area contributed by atoms with Gasteiger partial charge in [-0.15, -0.1) is 0 Å². The summed E-state index contributed by atoms with van der Waals surface area (Å²) in [6.07, 6.45) is 3.86. The van der Waals surface area contributed by atoms with Crippen molar-refractivity contribution in [2.75, 3.05) is 13.1 Å². The normalized spacial score (nSPS) is 27.9. The van der Waals surface area contributed by atoms with E-state index >= 15 is 0 Å². The highest BCUT2D eigenvalue weighted by Crippen LogP contribution is 2.32. The molecule has 5 N–H and O–H groups in total. The first-order valence-electron chi connectivity index (χ1n) is 5.39. The number of primary amides is 2. The van der Waals surface area contributed by atoms with Gasteiger partial charge in [-0.2, -0.15) is 0 Å². The van der Waals surface area contributed by atoms with Crippen LogP contribution in [0.15, 0.2) is 23.3 Å². The van der Waals surface area contributed by atoms with Gasteiger partial charge in [0.15, 0.2) is 5.60 Å². The van der Waals surface area contributed by atoms with Gasteiger partial charge in [0.05, 0.1) is 0 Å². The van der Waals surface area contributed by atoms with E-state index in [1.54, 1.807) is 6.08 Å². The van der Waals surface area contributed by atoms with E-state index in [2.05, 4.69) is 0 Å². The van der Waals surface area contributed by atoms with Crippen LogP contribution in [-0.2, 0) is 4.79 Å². The van der Waals surface area contributed by atoms with Gasteiger partial charge in [-0.25, -0.2) is 4.79 Å². The van der Waals surface area contributed by atoms with E-state index in [4.69, 9.17) is 11.5 Å². The molecule has 1 heterocycles. The lowest BCUT2D eigenvalue weighted by Crippen LogP contribution is -2.46. The Morgan fingerprint density at radius 2 is 2.12 bits per heavy atom. The zero-order valence-corrected chi connectivity index (χ0v) is 9.35. The van der Waals surface area contributed by atoms with E-state index < -0.39 is 17.5 Å². The number of nitrogens with two attached hydrogens (primary N) is 2. The van der Waals surface area contributed by atoms with Crippen LogP contribution in [0.2, 0.25) is 0 Å². The summed E-state index contributed by atoms with van der Waals surface area (Å²) in [5, 5.41) is 9.96. The van der Waals surface area contributed by atoms with Crippen molar-refractivity contribution in [3.63, 3.8) is 0 Å². The highest BCUT2D eigenvalue weighted by Gasteiger charge is 2.36. The number of hydrogen-bond donors (Lipinski definition) is 3. The average molecular weight is 237 g/mol. The summed E-state index contributed by atoms with van der Waals surface area (Å²) >= 11 is 0. The second-order valence-corrected chi connectivity index (χ2v) is 4.44. The van der Waals surface area contributed by atoms with Crippen LogP contribution < -0.4 is 11.5 Å². The van der Waals surface area contributed by atoms with Gasteiger partial charge in [0.2, 0.25) is 0 Å². The van der Waals surface area contributed by atoms with Crippen LogP contribution in [0.1, 0.15) is 12.8 Å². The number of carbonyl (C=O) groups excluding carboxylic acids is 2. The second-order valence-electron chi connectivity index (χ2n) is 4.44. The molecule has 1 aliphatic heterocycles. The van der Waals surface area contributed by atoms with Crippen LogP contribution in [0, 0.1) is 0 Å². The van der Waals surface area contributed by atoms with Gasteiger partial charge in [0, 0.05) is 19.5 Å². The lowest BCUT2D eigenvalue weighted by Gasteiger charge is -2.34. The van der Waals surface area contributed by atoms with Crippen molar-refractivity contribution in [1.29, 1.82) is 0 Å². The van der Waals surface area contributed by atoms with Crippen LogP contribution >= 0.6 is 0 Å². The topological polar surface area (TPSA) is 110 Å². The van der Waals surface area contributed by atoms with Gasteiger partial charge in [-0.3, -0.25) is 4.79 Å². The minimum absolute atomic E-state index is 0.209. The zero-order chi connectivity index (χ0) is 12.6. The minimum atomic E-state index is -1.59. The van der Waals surface area contributed by atoms with E-state index in [-0.39, 0.29) is 6.42 Å². The van der Waals surface area contributed by atoms with Crippen molar-refractivity contribution >= 4 is 11.9 Å². The molecule has 0 aromatic carbocycles. The van der Waals surface area contributed by atoms with E-state index in [1.165, 1.54) is 11.0 Å². The fourth-order valence-electron chi connectivity index (χ4n) is 2.18. The maximum absolute atomic E-state index is 11.1. The average Bonchev–Trinajstić information content (AvgIpc) is 2.28. The molecule has 2 aliphatic rings. The Balaban J connectivity index is 2.19. The monoisotopic (exact) mass is 237 g/mol. The van der Waals surface area contributed by atoms with Crippen LogP contribution in [0.4, 0.5) is 4.79 Å². The molecule has 1 atom stereocenters. The smallest absolute Gasteiger partial charge is 0.315 e. The molecule has 3 amide bonds. The van der Waals surface area contributed by atoms with E-state index in [9.17, 15) is 14.7 Å². The molecule has 0 spiro atoms. The molecule has 1 aliphatic carbocycles. The number of rotatable bonds is 1. The predicted octanol–water partition coefficient (Wildman–Crippen LogP) is -0.756. The third-order valence-corrected chi connectivity index (χ3v) is 3.28. The first kappa shape index (κ1) is 11.7. The molecular formula is C11H15N3O3. The van der Waals surface area contributed by atoms with Gasteiger partial charge in [-0.1, -0.05) is 11.6 Å². The third-order valence-electron chi connectivity index (χ3n) is 3.28. The van der Waals surface area contributed by atoms with Crippen LogP contribution in [0.25, 0.3) is 0 Å². The summed E-state index contributed by atoms with van der Waals surface area (Å²) in [6, 6.07) is -0.458. The van der Waals surface area contributed by atoms with Crippen molar-refractivity contribution < 1.29 is 14.7 Å². The quantitative estimate of drug-likeness (QED) is 0.557. The Hall–Kier alpha value is -1.82. The zero-order valence-electron chi connectivity index (χ0n) is 9.35. The predicted molar refractivity (Wildman–Crippen MR) is 60.7 cm³/mol.